The lowest BCUT2D eigenvalue weighted by Gasteiger charge is -2.38. The first-order chi connectivity index (χ1) is 10.4. The van der Waals surface area contributed by atoms with Crippen LogP contribution in [0, 0.1) is 18.2 Å². The van der Waals surface area contributed by atoms with Crippen LogP contribution < -0.4 is 0 Å². The Hall–Kier alpha value is -1.91. The number of amides is 2. The van der Waals surface area contributed by atoms with Gasteiger partial charge in [-0.3, -0.25) is 9.59 Å². The molecular weight excluding hydrogens is 283 g/mol. The van der Waals surface area contributed by atoms with Crippen molar-refractivity contribution in [2.45, 2.75) is 26.2 Å². The first kappa shape index (κ1) is 15.0. The van der Waals surface area contributed by atoms with Crippen LogP contribution in [0.4, 0.5) is 4.39 Å². The minimum atomic E-state index is -0.457. The van der Waals surface area contributed by atoms with Gasteiger partial charge in [0.25, 0.3) is 5.91 Å². The highest BCUT2D eigenvalue weighted by Gasteiger charge is 2.44. The maximum absolute atomic E-state index is 14.0. The molecule has 0 saturated carbocycles. The molecule has 0 aliphatic carbocycles. The molecule has 5 heteroatoms. The van der Waals surface area contributed by atoms with E-state index in [2.05, 4.69) is 0 Å². The summed E-state index contributed by atoms with van der Waals surface area (Å²) in [6.45, 7) is 3.71. The smallest absolute Gasteiger partial charge is 0.257 e. The number of rotatable bonds is 1. The second-order valence-corrected chi connectivity index (χ2v) is 6.65. The van der Waals surface area contributed by atoms with Crippen molar-refractivity contribution in [1.29, 1.82) is 0 Å². The van der Waals surface area contributed by atoms with Crippen LogP contribution in [-0.2, 0) is 4.79 Å². The molecule has 118 valence electrons. The Balaban J connectivity index is 1.72. The fourth-order valence-electron chi connectivity index (χ4n) is 3.68. The van der Waals surface area contributed by atoms with Crippen LogP contribution >= 0.6 is 0 Å². The normalized spacial score (nSPS) is 20.8. The lowest BCUT2D eigenvalue weighted by molar-refractivity contribution is -0.126. The van der Waals surface area contributed by atoms with E-state index in [1.54, 1.807) is 28.9 Å². The minimum Gasteiger partial charge on any atom is -0.345 e. The minimum absolute atomic E-state index is 0.00684. The number of nitrogens with zero attached hydrogens (tertiary/aromatic N) is 2. The van der Waals surface area contributed by atoms with Crippen molar-refractivity contribution in [2.75, 3.05) is 26.7 Å². The van der Waals surface area contributed by atoms with E-state index in [9.17, 15) is 14.0 Å². The van der Waals surface area contributed by atoms with Gasteiger partial charge in [0, 0.05) is 38.5 Å². The molecule has 0 atom stereocenters. The Morgan fingerprint density at radius 3 is 2.50 bits per heavy atom. The van der Waals surface area contributed by atoms with Crippen LogP contribution in [-0.4, -0.2) is 48.3 Å². The fraction of sp³-hybridized carbons (Fsp3) is 0.529. The molecule has 0 radical (unpaired) electrons. The van der Waals surface area contributed by atoms with Crippen LogP contribution in [0.1, 0.15) is 35.2 Å². The molecule has 0 N–H and O–H groups in total. The number of piperidine rings is 1. The number of hydrogen-bond acceptors (Lipinski definition) is 2. The monoisotopic (exact) mass is 304 g/mol. The number of carbonyl (C=O) groups is 2. The van der Waals surface area contributed by atoms with E-state index in [-0.39, 0.29) is 22.8 Å². The van der Waals surface area contributed by atoms with Crippen LogP contribution in [0.15, 0.2) is 18.2 Å². The number of benzene rings is 1. The van der Waals surface area contributed by atoms with E-state index in [1.165, 1.54) is 6.07 Å². The van der Waals surface area contributed by atoms with Gasteiger partial charge in [0.05, 0.1) is 5.56 Å². The van der Waals surface area contributed by atoms with E-state index >= 15 is 0 Å². The first-order valence-electron chi connectivity index (χ1n) is 7.70. The molecule has 1 aromatic carbocycles. The zero-order chi connectivity index (χ0) is 15.9. The molecule has 3 rings (SSSR count). The first-order valence-corrected chi connectivity index (χ1v) is 7.70. The molecule has 2 saturated heterocycles. The van der Waals surface area contributed by atoms with E-state index in [4.69, 9.17) is 0 Å². The molecule has 0 unspecified atom stereocenters. The van der Waals surface area contributed by atoms with Crippen molar-refractivity contribution in [3.05, 3.63) is 35.1 Å². The highest BCUT2D eigenvalue weighted by Crippen LogP contribution is 2.40. The van der Waals surface area contributed by atoms with E-state index in [1.807, 2.05) is 7.05 Å². The summed E-state index contributed by atoms with van der Waals surface area (Å²) in [6.07, 6.45) is 2.19. The number of halogens is 1. The summed E-state index contributed by atoms with van der Waals surface area (Å²) in [7, 11) is 1.83. The molecule has 0 bridgehead atoms. The summed E-state index contributed by atoms with van der Waals surface area (Å²) in [5.74, 6) is -0.506. The Morgan fingerprint density at radius 2 is 1.95 bits per heavy atom. The Morgan fingerprint density at radius 1 is 1.27 bits per heavy atom. The van der Waals surface area contributed by atoms with Crippen LogP contribution in [0.3, 0.4) is 0 Å². The van der Waals surface area contributed by atoms with Gasteiger partial charge in [-0.05, 0) is 31.4 Å². The second kappa shape index (κ2) is 5.38. The number of likely N-dealkylation sites (tertiary alicyclic amines) is 2. The topological polar surface area (TPSA) is 40.6 Å². The summed E-state index contributed by atoms with van der Waals surface area (Å²) in [6, 6.07) is 4.70. The van der Waals surface area contributed by atoms with Crippen LogP contribution in [0.25, 0.3) is 0 Å². The van der Waals surface area contributed by atoms with Gasteiger partial charge in [0.2, 0.25) is 5.91 Å². The second-order valence-electron chi connectivity index (χ2n) is 6.65. The zero-order valence-electron chi connectivity index (χ0n) is 13.1. The zero-order valence-corrected chi connectivity index (χ0v) is 13.1. The van der Waals surface area contributed by atoms with Crippen LogP contribution in [0.2, 0.25) is 0 Å². The molecule has 0 aromatic heterocycles. The van der Waals surface area contributed by atoms with Gasteiger partial charge in [-0.15, -0.1) is 0 Å². The van der Waals surface area contributed by atoms with E-state index < -0.39 is 5.82 Å². The third-order valence-corrected chi connectivity index (χ3v) is 5.07. The third kappa shape index (κ3) is 2.49. The third-order valence-electron chi connectivity index (χ3n) is 5.07. The van der Waals surface area contributed by atoms with E-state index in [0.29, 0.717) is 25.1 Å². The van der Waals surface area contributed by atoms with Gasteiger partial charge in [-0.1, -0.05) is 12.1 Å². The largest absolute Gasteiger partial charge is 0.345 e. The van der Waals surface area contributed by atoms with Gasteiger partial charge in [-0.25, -0.2) is 4.39 Å². The van der Waals surface area contributed by atoms with Gasteiger partial charge >= 0.3 is 0 Å². The highest BCUT2D eigenvalue weighted by atomic mass is 19.1. The molecule has 2 heterocycles. The lowest BCUT2D eigenvalue weighted by Crippen LogP contribution is -2.44. The van der Waals surface area contributed by atoms with Crippen molar-refractivity contribution in [1.82, 2.24) is 9.80 Å². The predicted molar refractivity (Wildman–Crippen MR) is 81.0 cm³/mol. The summed E-state index contributed by atoms with van der Waals surface area (Å²) in [4.78, 5) is 27.8. The number of aryl methyl sites for hydroxylation is 1. The predicted octanol–water partition coefficient (Wildman–Crippen LogP) is 2.22. The summed E-state index contributed by atoms with van der Waals surface area (Å²) >= 11 is 0. The van der Waals surface area contributed by atoms with E-state index in [0.717, 1.165) is 19.4 Å². The number of hydrogen-bond donors (Lipinski definition) is 0. The van der Waals surface area contributed by atoms with Gasteiger partial charge in [0.1, 0.15) is 5.82 Å². The summed E-state index contributed by atoms with van der Waals surface area (Å²) in [5.41, 5.74) is 0.853. The lowest BCUT2D eigenvalue weighted by atomic mass is 9.77. The highest BCUT2D eigenvalue weighted by molar-refractivity contribution is 5.96. The molecule has 1 spiro atoms. The van der Waals surface area contributed by atoms with Crippen molar-refractivity contribution in [3.63, 3.8) is 0 Å². The quantitative estimate of drug-likeness (QED) is 0.798. The Labute approximate surface area is 129 Å². The molecule has 2 fully saturated rings. The molecule has 2 amide bonds. The van der Waals surface area contributed by atoms with Crippen molar-refractivity contribution >= 4 is 11.8 Å². The summed E-state index contributed by atoms with van der Waals surface area (Å²) in [5, 5.41) is 0. The summed E-state index contributed by atoms with van der Waals surface area (Å²) < 4.78 is 14.0. The van der Waals surface area contributed by atoms with Gasteiger partial charge < -0.3 is 9.80 Å². The Kier molecular flexibility index (Phi) is 3.67. The van der Waals surface area contributed by atoms with Crippen molar-refractivity contribution < 1.29 is 14.0 Å². The molecular formula is C17H21FN2O2. The molecule has 2 aliphatic heterocycles. The average Bonchev–Trinajstić information content (AvgIpc) is 2.73. The van der Waals surface area contributed by atoms with Gasteiger partial charge in [-0.2, -0.15) is 0 Å². The fourth-order valence-corrected chi connectivity index (χ4v) is 3.68. The molecule has 4 nitrogen and oxygen atoms in total. The maximum atomic E-state index is 14.0. The van der Waals surface area contributed by atoms with Crippen molar-refractivity contribution in [2.24, 2.45) is 5.41 Å². The molecule has 22 heavy (non-hydrogen) atoms. The number of carbonyl (C=O) groups excluding carboxylic acids is 2. The Bertz CT molecular complexity index is 601. The van der Waals surface area contributed by atoms with Crippen LogP contribution in [0.5, 0.6) is 0 Å². The molecule has 1 aromatic rings. The maximum Gasteiger partial charge on any atom is 0.257 e. The molecule has 2 aliphatic rings. The van der Waals surface area contributed by atoms with Crippen molar-refractivity contribution in [3.8, 4) is 0 Å². The SMILES string of the molecule is Cc1cccc(F)c1C(=O)N1CCC2(CC1)CC(=O)N(C)C2. The standard InChI is InChI=1S/C17H21FN2O2/c1-12-4-3-5-13(18)15(12)16(22)20-8-6-17(7-9-20)10-14(21)19(2)11-17/h3-5H,6-11H2,1-2H3. The average molecular weight is 304 g/mol. The van der Waals surface area contributed by atoms with Gasteiger partial charge in [0.15, 0.2) is 0 Å².